The molecule has 0 saturated carbocycles. The van der Waals surface area contributed by atoms with E-state index in [-0.39, 0.29) is 22.5 Å². The molecule has 0 spiro atoms. The average molecular weight is 421 g/mol. The highest BCUT2D eigenvalue weighted by Gasteiger charge is 2.41. The van der Waals surface area contributed by atoms with Crippen LogP contribution in [-0.2, 0) is 9.59 Å². The minimum atomic E-state index is -0.952. The lowest BCUT2D eigenvalue weighted by atomic mass is 10.0. The molecule has 3 aromatic carbocycles. The Morgan fingerprint density at radius 3 is 2.19 bits per heavy atom. The zero-order valence-electron chi connectivity index (χ0n) is 15.7. The zero-order valence-corrected chi connectivity index (χ0v) is 15.7. The van der Waals surface area contributed by atoms with Crippen molar-refractivity contribution in [3.63, 3.8) is 0 Å². The second kappa shape index (κ2) is 7.79. The summed E-state index contributed by atoms with van der Waals surface area (Å²) in [7, 11) is 0. The molecule has 0 saturated heterocycles. The number of imide groups is 1. The fourth-order valence-corrected chi connectivity index (χ4v) is 3.21. The van der Waals surface area contributed by atoms with E-state index in [9.17, 15) is 28.5 Å². The summed E-state index contributed by atoms with van der Waals surface area (Å²) in [6, 6.07) is 15.9. The van der Waals surface area contributed by atoms with Crippen molar-refractivity contribution in [2.24, 2.45) is 0 Å². The van der Waals surface area contributed by atoms with Crippen LogP contribution < -0.4 is 10.2 Å². The van der Waals surface area contributed by atoms with E-state index < -0.39 is 34.1 Å². The van der Waals surface area contributed by atoms with Crippen LogP contribution in [0.4, 0.5) is 25.8 Å². The molecule has 1 heterocycles. The van der Waals surface area contributed by atoms with Crippen molar-refractivity contribution in [2.75, 3.05) is 10.2 Å². The number of rotatable bonds is 5. The molecule has 1 aliphatic heterocycles. The van der Waals surface area contributed by atoms with Crippen molar-refractivity contribution < 1.29 is 23.3 Å². The lowest BCUT2D eigenvalue weighted by molar-refractivity contribution is -0.384. The number of carbonyl (C=O) groups is 2. The van der Waals surface area contributed by atoms with E-state index in [1.807, 2.05) is 0 Å². The van der Waals surface area contributed by atoms with E-state index in [1.165, 1.54) is 24.3 Å². The summed E-state index contributed by atoms with van der Waals surface area (Å²) in [5.74, 6) is -3.54. The Balaban J connectivity index is 1.84. The molecule has 154 valence electrons. The number of hydrogen-bond donors (Lipinski definition) is 1. The molecule has 1 aliphatic rings. The van der Waals surface area contributed by atoms with Crippen LogP contribution in [0.2, 0.25) is 0 Å². The van der Waals surface area contributed by atoms with Gasteiger partial charge in [-0.05, 0) is 42.0 Å². The molecule has 0 radical (unpaired) electrons. The molecule has 0 atom stereocenters. The number of nitrogens with zero attached hydrogens (tertiary/aromatic N) is 2. The number of amides is 2. The van der Waals surface area contributed by atoms with E-state index in [1.54, 1.807) is 30.3 Å². The van der Waals surface area contributed by atoms with Crippen molar-refractivity contribution in [1.29, 1.82) is 0 Å². The monoisotopic (exact) mass is 421 g/mol. The average Bonchev–Trinajstić information content (AvgIpc) is 3.00. The van der Waals surface area contributed by atoms with Crippen LogP contribution in [0.25, 0.3) is 5.57 Å². The Morgan fingerprint density at radius 2 is 1.55 bits per heavy atom. The highest BCUT2D eigenvalue weighted by atomic mass is 19.1. The molecule has 4 rings (SSSR count). The summed E-state index contributed by atoms with van der Waals surface area (Å²) < 4.78 is 28.1. The topological polar surface area (TPSA) is 92.5 Å². The minimum Gasteiger partial charge on any atom is -0.350 e. The van der Waals surface area contributed by atoms with Gasteiger partial charge < -0.3 is 5.32 Å². The SMILES string of the molecule is O=C1C(Nc2ccccc2)=C(c2ccc([N+](=O)[O-])cc2)C(=O)N1c1cc(F)ccc1F. The molecule has 2 amide bonds. The molecule has 0 fully saturated rings. The van der Waals surface area contributed by atoms with Crippen molar-refractivity contribution in [3.8, 4) is 0 Å². The fourth-order valence-electron chi connectivity index (χ4n) is 3.21. The number of nitrogens with one attached hydrogen (secondary N) is 1. The third kappa shape index (κ3) is 3.64. The Bertz CT molecular complexity index is 1240. The largest absolute Gasteiger partial charge is 0.350 e. The van der Waals surface area contributed by atoms with Crippen LogP contribution in [0.1, 0.15) is 5.56 Å². The standard InChI is InChI=1S/C22H13F2N3O4/c23-14-8-11-17(24)18(12-14)26-21(28)19(13-6-9-16(10-7-13)27(30)31)20(22(26)29)25-15-4-2-1-3-5-15/h1-12,25H. The highest BCUT2D eigenvalue weighted by Crippen LogP contribution is 2.35. The molecule has 9 heteroatoms. The van der Waals surface area contributed by atoms with Gasteiger partial charge in [-0.25, -0.2) is 13.7 Å². The van der Waals surface area contributed by atoms with Gasteiger partial charge in [-0.15, -0.1) is 0 Å². The second-order valence-corrected chi connectivity index (χ2v) is 6.59. The van der Waals surface area contributed by atoms with Crippen LogP contribution in [0, 0.1) is 21.7 Å². The van der Waals surface area contributed by atoms with Gasteiger partial charge in [-0.1, -0.05) is 18.2 Å². The first kappa shape index (κ1) is 19.9. The van der Waals surface area contributed by atoms with Gasteiger partial charge in [-0.3, -0.25) is 19.7 Å². The Kier molecular flexibility index (Phi) is 5.00. The highest BCUT2D eigenvalue weighted by molar-refractivity contribution is 6.46. The first-order valence-corrected chi connectivity index (χ1v) is 9.02. The van der Waals surface area contributed by atoms with Gasteiger partial charge in [0.25, 0.3) is 17.5 Å². The maximum Gasteiger partial charge on any atom is 0.282 e. The number of nitro benzene ring substituents is 1. The Labute approximate surface area is 174 Å². The molecule has 31 heavy (non-hydrogen) atoms. The fraction of sp³-hybridized carbons (Fsp3) is 0. The van der Waals surface area contributed by atoms with Gasteiger partial charge in [0.2, 0.25) is 0 Å². The molecule has 0 bridgehead atoms. The molecule has 0 aliphatic carbocycles. The summed E-state index contributed by atoms with van der Waals surface area (Å²) >= 11 is 0. The third-order valence-corrected chi connectivity index (χ3v) is 4.64. The number of carbonyl (C=O) groups excluding carboxylic acids is 2. The smallest absolute Gasteiger partial charge is 0.282 e. The molecule has 1 N–H and O–H groups in total. The summed E-state index contributed by atoms with van der Waals surface area (Å²) in [6.07, 6.45) is 0. The van der Waals surface area contributed by atoms with Crippen molar-refractivity contribution in [2.45, 2.75) is 0 Å². The van der Waals surface area contributed by atoms with Crippen molar-refractivity contribution >= 4 is 34.4 Å². The van der Waals surface area contributed by atoms with E-state index in [4.69, 9.17) is 0 Å². The maximum atomic E-state index is 14.4. The molecule has 3 aromatic rings. The van der Waals surface area contributed by atoms with Crippen LogP contribution in [0.3, 0.4) is 0 Å². The van der Waals surface area contributed by atoms with Gasteiger partial charge in [0.05, 0.1) is 16.2 Å². The van der Waals surface area contributed by atoms with E-state index >= 15 is 0 Å². The first-order valence-electron chi connectivity index (χ1n) is 9.02. The predicted molar refractivity (Wildman–Crippen MR) is 109 cm³/mol. The number of benzene rings is 3. The summed E-state index contributed by atoms with van der Waals surface area (Å²) in [4.78, 5) is 37.2. The normalized spacial score (nSPS) is 13.7. The Hall–Kier alpha value is -4.40. The lowest BCUT2D eigenvalue weighted by Crippen LogP contribution is -2.33. The van der Waals surface area contributed by atoms with Gasteiger partial charge in [-0.2, -0.15) is 0 Å². The van der Waals surface area contributed by atoms with Gasteiger partial charge in [0.1, 0.15) is 17.3 Å². The molecule has 0 aromatic heterocycles. The van der Waals surface area contributed by atoms with E-state index in [2.05, 4.69) is 5.32 Å². The number of hydrogen-bond acceptors (Lipinski definition) is 5. The van der Waals surface area contributed by atoms with Crippen molar-refractivity contribution in [3.05, 3.63) is 106 Å². The summed E-state index contributed by atoms with van der Waals surface area (Å²) in [5.41, 5.74) is -0.312. The number of non-ortho nitro benzene ring substituents is 1. The lowest BCUT2D eigenvalue weighted by Gasteiger charge is -2.16. The number of anilines is 2. The molecule has 7 nitrogen and oxygen atoms in total. The van der Waals surface area contributed by atoms with Gasteiger partial charge in [0, 0.05) is 23.9 Å². The second-order valence-electron chi connectivity index (χ2n) is 6.59. The molecular weight excluding hydrogens is 408 g/mol. The first-order chi connectivity index (χ1) is 14.9. The van der Waals surface area contributed by atoms with Crippen LogP contribution >= 0.6 is 0 Å². The minimum absolute atomic E-state index is 0.118. The van der Waals surface area contributed by atoms with Crippen LogP contribution in [0.15, 0.2) is 78.5 Å². The zero-order chi connectivity index (χ0) is 22.1. The quantitative estimate of drug-likeness (QED) is 0.377. The molecular formula is C22H13F2N3O4. The van der Waals surface area contributed by atoms with Gasteiger partial charge >= 0.3 is 0 Å². The van der Waals surface area contributed by atoms with Crippen molar-refractivity contribution in [1.82, 2.24) is 0 Å². The summed E-state index contributed by atoms with van der Waals surface area (Å²) in [6.45, 7) is 0. The third-order valence-electron chi connectivity index (χ3n) is 4.64. The van der Waals surface area contributed by atoms with Gasteiger partial charge in [0.15, 0.2) is 0 Å². The predicted octanol–water partition coefficient (Wildman–Crippen LogP) is 4.27. The van der Waals surface area contributed by atoms with E-state index in [0.29, 0.717) is 10.6 Å². The number of para-hydroxylation sites is 1. The summed E-state index contributed by atoms with van der Waals surface area (Å²) in [5, 5.41) is 13.8. The Morgan fingerprint density at radius 1 is 0.871 bits per heavy atom. The molecule has 0 unspecified atom stereocenters. The maximum absolute atomic E-state index is 14.4. The van der Waals surface area contributed by atoms with Crippen LogP contribution in [-0.4, -0.2) is 16.7 Å². The van der Waals surface area contributed by atoms with Crippen LogP contribution in [0.5, 0.6) is 0 Å². The van der Waals surface area contributed by atoms with E-state index in [0.717, 1.165) is 18.2 Å². The number of nitro groups is 1. The number of halogens is 2.